The van der Waals surface area contributed by atoms with Crippen LogP contribution >= 0.6 is 0 Å². The molecule has 0 fully saturated rings. The third kappa shape index (κ3) is 4.38. The Morgan fingerprint density at radius 2 is 1.80 bits per heavy atom. The number of tetrazole rings is 1. The molecule has 0 aliphatic carbocycles. The molecule has 0 aliphatic rings. The largest absolute Gasteiger partial charge is 0.323 e. The number of nitrogens with one attached hydrogen (secondary N) is 1. The van der Waals surface area contributed by atoms with Crippen LogP contribution in [-0.4, -0.2) is 26.1 Å². The first-order valence-electron chi connectivity index (χ1n) is 8.04. The SMILES string of the molecule is CC(C)c1ccc(/C=C/C(=O)Nc2ccc(-n3cnnn3)cc2)cc1. The van der Waals surface area contributed by atoms with Crippen LogP contribution in [0.1, 0.15) is 30.9 Å². The highest BCUT2D eigenvalue weighted by atomic mass is 16.1. The quantitative estimate of drug-likeness (QED) is 0.726. The van der Waals surface area contributed by atoms with Gasteiger partial charge in [-0.05, 0) is 57.8 Å². The van der Waals surface area contributed by atoms with E-state index in [1.54, 1.807) is 22.9 Å². The van der Waals surface area contributed by atoms with Gasteiger partial charge in [-0.1, -0.05) is 38.1 Å². The molecule has 2 aromatic carbocycles. The molecule has 1 heterocycles. The maximum atomic E-state index is 12.0. The fourth-order valence-corrected chi connectivity index (χ4v) is 2.32. The number of benzene rings is 2. The van der Waals surface area contributed by atoms with Crippen LogP contribution in [0, 0.1) is 0 Å². The molecule has 3 rings (SSSR count). The zero-order chi connectivity index (χ0) is 17.6. The summed E-state index contributed by atoms with van der Waals surface area (Å²) in [6, 6.07) is 15.5. The van der Waals surface area contributed by atoms with Crippen molar-refractivity contribution in [2.24, 2.45) is 0 Å². The van der Waals surface area contributed by atoms with E-state index >= 15 is 0 Å². The molecule has 0 unspecified atom stereocenters. The predicted molar refractivity (Wildman–Crippen MR) is 97.3 cm³/mol. The maximum Gasteiger partial charge on any atom is 0.248 e. The fourth-order valence-electron chi connectivity index (χ4n) is 2.32. The topological polar surface area (TPSA) is 72.7 Å². The van der Waals surface area contributed by atoms with Crippen molar-refractivity contribution in [2.45, 2.75) is 19.8 Å². The predicted octanol–water partition coefficient (Wildman–Crippen LogP) is 3.44. The monoisotopic (exact) mass is 333 g/mol. The van der Waals surface area contributed by atoms with E-state index in [9.17, 15) is 4.79 Å². The molecule has 0 bridgehead atoms. The van der Waals surface area contributed by atoms with Crippen molar-refractivity contribution < 1.29 is 4.79 Å². The standard InChI is InChI=1S/C19H19N5O/c1-14(2)16-6-3-15(4-7-16)5-12-19(25)21-17-8-10-18(11-9-17)24-13-20-22-23-24/h3-14H,1-2H3,(H,21,25)/b12-5+. The maximum absolute atomic E-state index is 12.0. The van der Waals surface area contributed by atoms with Gasteiger partial charge in [0.05, 0.1) is 5.69 Å². The van der Waals surface area contributed by atoms with Crippen molar-refractivity contribution in [3.05, 3.63) is 72.1 Å². The second kappa shape index (κ2) is 7.53. The molecule has 126 valence electrons. The molecule has 0 atom stereocenters. The van der Waals surface area contributed by atoms with Crippen LogP contribution in [0.25, 0.3) is 11.8 Å². The Kier molecular flexibility index (Phi) is 4.99. The van der Waals surface area contributed by atoms with Gasteiger partial charge in [-0.3, -0.25) is 4.79 Å². The van der Waals surface area contributed by atoms with Crippen LogP contribution in [0.2, 0.25) is 0 Å². The number of amides is 1. The first-order chi connectivity index (χ1) is 12.1. The van der Waals surface area contributed by atoms with E-state index < -0.39 is 0 Å². The number of carbonyl (C=O) groups excluding carboxylic acids is 1. The molecule has 6 nitrogen and oxygen atoms in total. The van der Waals surface area contributed by atoms with Gasteiger partial charge < -0.3 is 5.32 Å². The molecule has 1 aromatic heterocycles. The summed E-state index contributed by atoms with van der Waals surface area (Å²) in [7, 11) is 0. The van der Waals surface area contributed by atoms with Crippen LogP contribution < -0.4 is 5.32 Å². The van der Waals surface area contributed by atoms with Crippen molar-refractivity contribution >= 4 is 17.7 Å². The van der Waals surface area contributed by atoms with Crippen LogP contribution in [-0.2, 0) is 4.79 Å². The Morgan fingerprint density at radius 1 is 1.08 bits per heavy atom. The summed E-state index contributed by atoms with van der Waals surface area (Å²) in [6.07, 6.45) is 4.84. The summed E-state index contributed by atoms with van der Waals surface area (Å²) in [5.41, 5.74) is 3.81. The second-order valence-corrected chi connectivity index (χ2v) is 5.95. The molecule has 1 amide bonds. The van der Waals surface area contributed by atoms with E-state index in [2.05, 4.69) is 46.8 Å². The highest BCUT2D eigenvalue weighted by molar-refractivity contribution is 6.01. The van der Waals surface area contributed by atoms with E-state index in [1.807, 2.05) is 24.3 Å². The fraction of sp³-hybridized carbons (Fsp3) is 0.158. The van der Waals surface area contributed by atoms with E-state index in [0.29, 0.717) is 11.6 Å². The molecular weight excluding hydrogens is 314 g/mol. The summed E-state index contributed by atoms with van der Waals surface area (Å²) in [5, 5.41) is 13.8. The lowest BCUT2D eigenvalue weighted by atomic mass is 10.0. The van der Waals surface area contributed by atoms with Gasteiger partial charge in [0.1, 0.15) is 6.33 Å². The van der Waals surface area contributed by atoms with Crippen molar-refractivity contribution in [1.29, 1.82) is 0 Å². The number of hydrogen-bond donors (Lipinski definition) is 1. The number of nitrogens with zero attached hydrogens (tertiary/aromatic N) is 4. The molecule has 0 saturated heterocycles. The molecular formula is C19H19N5O. The molecule has 0 spiro atoms. The molecule has 0 aliphatic heterocycles. The summed E-state index contributed by atoms with van der Waals surface area (Å²) >= 11 is 0. The Bertz CT molecular complexity index is 850. The minimum Gasteiger partial charge on any atom is -0.323 e. The minimum atomic E-state index is -0.178. The average Bonchev–Trinajstić information content (AvgIpc) is 3.15. The lowest BCUT2D eigenvalue weighted by molar-refractivity contribution is -0.111. The van der Waals surface area contributed by atoms with Gasteiger partial charge in [0.25, 0.3) is 0 Å². The highest BCUT2D eigenvalue weighted by Crippen LogP contribution is 2.16. The van der Waals surface area contributed by atoms with E-state index in [1.165, 1.54) is 18.0 Å². The molecule has 6 heteroatoms. The number of anilines is 1. The smallest absolute Gasteiger partial charge is 0.248 e. The van der Waals surface area contributed by atoms with Crippen molar-refractivity contribution in [2.75, 3.05) is 5.32 Å². The lowest BCUT2D eigenvalue weighted by Gasteiger charge is -2.05. The Labute approximate surface area is 146 Å². The van der Waals surface area contributed by atoms with Crippen LogP contribution in [0.15, 0.2) is 60.9 Å². The van der Waals surface area contributed by atoms with E-state index in [4.69, 9.17) is 0 Å². The van der Waals surface area contributed by atoms with Crippen molar-refractivity contribution in [3.63, 3.8) is 0 Å². The van der Waals surface area contributed by atoms with Gasteiger partial charge in [-0.2, -0.15) is 0 Å². The number of aromatic nitrogens is 4. The lowest BCUT2D eigenvalue weighted by Crippen LogP contribution is -2.07. The first-order valence-corrected chi connectivity index (χ1v) is 8.04. The third-order valence-electron chi connectivity index (χ3n) is 3.78. The Balaban J connectivity index is 1.60. The minimum absolute atomic E-state index is 0.178. The molecule has 0 radical (unpaired) electrons. The van der Waals surface area contributed by atoms with Gasteiger partial charge in [-0.15, -0.1) is 5.10 Å². The van der Waals surface area contributed by atoms with Gasteiger partial charge in [0.2, 0.25) is 5.91 Å². The van der Waals surface area contributed by atoms with Crippen LogP contribution in [0.5, 0.6) is 0 Å². The number of carbonyl (C=O) groups is 1. The molecule has 0 saturated carbocycles. The average molecular weight is 333 g/mol. The Hall–Kier alpha value is -3.28. The molecule has 25 heavy (non-hydrogen) atoms. The zero-order valence-corrected chi connectivity index (χ0v) is 14.1. The third-order valence-corrected chi connectivity index (χ3v) is 3.78. The summed E-state index contributed by atoms with van der Waals surface area (Å²) in [6.45, 7) is 4.31. The zero-order valence-electron chi connectivity index (χ0n) is 14.1. The number of hydrogen-bond acceptors (Lipinski definition) is 4. The highest BCUT2D eigenvalue weighted by Gasteiger charge is 2.01. The van der Waals surface area contributed by atoms with Gasteiger partial charge >= 0.3 is 0 Å². The van der Waals surface area contributed by atoms with Crippen molar-refractivity contribution in [3.8, 4) is 5.69 Å². The Morgan fingerprint density at radius 3 is 2.40 bits per heavy atom. The summed E-state index contributed by atoms with van der Waals surface area (Å²) < 4.78 is 1.55. The number of rotatable bonds is 5. The van der Waals surface area contributed by atoms with Crippen LogP contribution in [0.3, 0.4) is 0 Å². The summed E-state index contributed by atoms with van der Waals surface area (Å²) in [4.78, 5) is 12.0. The van der Waals surface area contributed by atoms with E-state index in [0.717, 1.165) is 11.3 Å². The summed E-state index contributed by atoms with van der Waals surface area (Å²) in [5.74, 6) is 0.320. The van der Waals surface area contributed by atoms with Gasteiger partial charge in [-0.25, -0.2) is 4.68 Å². The normalized spacial score (nSPS) is 11.2. The molecule has 1 N–H and O–H groups in total. The first kappa shape index (κ1) is 16.6. The van der Waals surface area contributed by atoms with Gasteiger partial charge in [0, 0.05) is 11.8 Å². The van der Waals surface area contributed by atoms with Crippen molar-refractivity contribution in [1.82, 2.24) is 20.2 Å². The van der Waals surface area contributed by atoms with Gasteiger partial charge in [0.15, 0.2) is 0 Å². The molecule has 3 aromatic rings. The van der Waals surface area contributed by atoms with Crippen LogP contribution in [0.4, 0.5) is 5.69 Å². The van der Waals surface area contributed by atoms with E-state index in [-0.39, 0.29) is 5.91 Å². The second-order valence-electron chi connectivity index (χ2n) is 5.95.